The van der Waals surface area contributed by atoms with Crippen molar-refractivity contribution >= 4 is 17.4 Å². The summed E-state index contributed by atoms with van der Waals surface area (Å²) >= 11 is 0. The normalized spacial score (nSPS) is 14.1. The number of nitrogens with zero attached hydrogens (tertiary/aromatic N) is 3. The lowest BCUT2D eigenvalue weighted by Crippen LogP contribution is -2.50. The Labute approximate surface area is 153 Å². The van der Waals surface area contributed by atoms with E-state index in [1.807, 2.05) is 41.3 Å². The molecule has 1 fully saturated rings. The van der Waals surface area contributed by atoms with E-state index in [0.29, 0.717) is 24.6 Å². The van der Waals surface area contributed by atoms with Gasteiger partial charge in [-0.15, -0.1) is 0 Å². The Balaban J connectivity index is 1.50. The van der Waals surface area contributed by atoms with Gasteiger partial charge in [-0.2, -0.15) is 0 Å². The van der Waals surface area contributed by atoms with Crippen LogP contribution in [-0.4, -0.2) is 62.7 Å². The number of hydrogen-bond acceptors (Lipinski definition) is 6. The Bertz CT molecular complexity index is 731. The van der Waals surface area contributed by atoms with Crippen LogP contribution >= 0.6 is 0 Å². The molecule has 26 heavy (non-hydrogen) atoms. The Hall–Kier alpha value is -2.96. The van der Waals surface area contributed by atoms with Gasteiger partial charge in [0.15, 0.2) is 11.5 Å². The predicted octanol–water partition coefficient (Wildman–Crippen LogP) is 1.86. The standard InChI is InChI=1S/C19H24N4O3/c1-25-16-7-6-15(13-17(16)26-2)21-14-19(24)23-11-9-22(10-12-23)18-5-3-4-8-20-18/h3-8,13,21H,9-12,14H2,1-2H3. The van der Waals surface area contributed by atoms with E-state index in [9.17, 15) is 4.79 Å². The first-order valence-corrected chi connectivity index (χ1v) is 8.61. The molecular formula is C19H24N4O3. The summed E-state index contributed by atoms with van der Waals surface area (Å²) in [5, 5.41) is 3.16. The second-order valence-corrected chi connectivity index (χ2v) is 5.98. The number of amides is 1. The number of anilines is 2. The Morgan fingerprint density at radius 3 is 2.50 bits per heavy atom. The highest BCUT2D eigenvalue weighted by atomic mass is 16.5. The van der Waals surface area contributed by atoms with Crippen molar-refractivity contribution in [3.8, 4) is 11.5 Å². The van der Waals surface area contributed by atoms with E-state index in [4.69, 9.17) is 9.47 Å². The first-order chi connectivity index (χ1) is 12.7. The number of hydrogen-bond donors (Lipinski definition) is 1. The van der Waals surface area contributed by atoms with E-state index in [0.717, 1.165) is 24.6 Å². The lowest BCUT2D eigenvalue weighted by atomic mass is 10.2. The molecule has 1 N–H and O–H groups in total. The molecule has 2 heterocycles. The summed E-state index contributed by atoms with van der Waals surface area (Å²) in [6.45, 7) is 3.23. The van der Waals surface area contributed by atoms with Crippen LogP contribution < -0.4 is 19.7 Å². The number of rotatable bonds is 6. The SMILES string of the molecule is COc1ccc(NCC(=O)N2CCN(c3ccccn3)CC2)cc1OC. The molecular weight excluding hydrogens is 332 g/mol. The molecule has 0 atom stereocenters. The topological polar surface area (TPSA) is 66.9 Å². The summed E-state index contributed by atoms with van der Waals surface area (Å²) in [4.78, 5) is 20.9. The van der Waals surface area contributed by atoms with Crippen LogP contribution in [0.1, 0.15) is 0 Å². The maximum Gasteiger partial charge on any atom is 0.241 e. The molecule has 138 valence electrons. The van der Waals surface area contributed by atoms with Gasteiger partial charge in [-0.3, -0.25) is 4.79 Å². The highest BCUT2D eigenvalue weighted by Crippen LogP contribution is 2.29. The molecule has 1 aliphatic rings. The number of benzene rings is 1. The molecule has 7 heteroatoms. The number of pyridine rings is 1. The quantitative estimate of drug-likeness (QED) is 0.852. The summed E-state index contributed by atoms with van der Waals surface area (Å²) in [6.07, 6.45) is 1.79. The highest BCUT2D eigenvalue weighted by molar-refractivity contribution is 5.81. The van der Waals surface area contributed by atoms with E-state index >= 15 is 0 Å². The van der Waals surface area contributed by atoms with Crippen molar-refractivity contribution in [3.63, 3.8) is 0 Å². The number of ether oxygens (including phenoxy) is 2. The molecule has 0 spiro atoms. The number of aromatic nitrogens is 1. The first-order valence-electron chi connectivity index (χ1n) is 8.61. The van der Waals surface area contributed by atoms with Crippen molar-refractivity contribution < 1.29 is 14.3 Å². The van der Waals surface area contributed by atoms with Crippen molar-refractivity contribution in [1.29, 1.82) is 0 Å². The molecule has 0 bridgehead atoms. The van der Waals surface area contributed by atoms with Crippen molar-refractivity contribution in [2.75, 3.05) is 57.2 Å². The molecule has 3 rings (SSSR count). The zero-order chi connectivity index (χ0) is 18.4. The number of nitrogens with one attached hydrogen (secondary N) is 1. The van der Waals surface area contributed by atoms with Gasteiger partial charge in [-0.25, -0.2) is 4.98 Å². The van der Waals surface area contributed by atoms with Gasteiger partial charge in [-0.1, -0.05) is 6.07 Å². The largest absolute Gasteiger partial charge is 0.493 e. The summed E-state index contributed by atoms with van der Waals surface area (Å²) < 4.78 is 10.5. The van der Waals surface area contributed by atoms with Crippen molar-refractivity contribution in [2.45, 2.75) is 0 Å². The third-order valence-electron chi connectivity index (χ3n) is 4.43. The van der Waals surface area contributed by atoms with E-state index in [-0.39, 0.29) is 12.5 Å². The number of methoxy groups -OCH3 is 2. The summed E-state index contributed by atoms with van der Waals surface area (Å²) in [5.74, 6) is 2.34. The molecule has 7 nitrogen and oxygen atoms in total. The zero-order valence-electron chi connectivity index (χ0n) is 15.1. The molecule has 0 aliphatic carbocycles. The van der Waals surface area contributed by atoms with Gasteiger partial charge in [0, 0.05) is 44.1 Å². The Kier molecular flexibility index (Phi) is 5.78. The Morgan fingerprint density at radius 1 is 1.08 bits per heavy atom. The van der Waals surface area contributed by atoms with E-state index in [1.165, 1.54) is 0 Å². The van der Waals surface area contributed by atoms with Gasteiger partial charge in [0.1, 0.15) is 5.82 Å². The molecule has 2 aromatic rings. The summed E-state index contributed by atoms with van der Waals surface area (Å²) in [7, 11) is 3.19. The molecule has 1 saturated heterocycles. The molecule has 0 radical (unpaired) electrons. The monoisotopic (exact) mass is 356 g/mol. The lowest BCUT2D eigenvalue weighted by molar-refractivity contribution is -0.129. The van der Waals surface area contributed by atoms with Crippen LogP contribution in [0.15, 0.2) is 42.6 Å². The molecule has 1 aromatic heterocycles. The molecule has 1 aliphatic heterocycles. The second-order valence-electron chi connectivity index (χ2n) is 5.98. The van der Waals surface area contributed by atoms with Crippen LogP contribution in [0.25, 0.3) is 0 Å². The third-order valence-corrected chi connectivity index (χ3v) is 4.43. The van der Waals surface area contributed by atoms with Crippen molar-refractivity contribution in [1.82, 2.24) is 9.88 Å². The highest BCUT2D eigenvalue weighted by Gasteiger charge is 2.21. The van der Waals surface area contributed by atoms with Crippen molar-refractivity contribution in [3.05, 3.63) is 42.6 Å². The van der Waals surface area contributed by atoms with Crippen LogP contribution in [0.4, 0.5) is 11.5 Å². The molecule has 0 unspecified atom stereocenters. The predicted molar refractivity (Wildman–Crippen MR) is 101 cm³/mol. The minimum Gasteiger partial charge on any atom is -0.493 e. The lowest BCUT2D eigenvalue weighted by Gasteiger charge is -2.35. The maximum absolute atomic E-state index is 12.5. The number of piperazine rings is 1. The first kappa shape index (κ1) is 17.8. The zero-order valence-corrected chi connectivity index (χ0v) is 15.1. The smallest absolute Gasteiger partial charge is 0.241 e. The molecule has 0 saturated carbocycles. The number of carbonyl (C=O) groups is 1. The van der Waals surface area contributed by atoms with E-state index in [1.54, 1.807) is 20.4 Å². The average molecular weight is 356 g/mol. The average Bonchev–Trinajstić information content (AvgIpc) is 2.72. The third kappa shape index (κ3) is 4.17. The van der Waals surface area contributed by atoms with Crippen LogP contribution in [0.5, 0.6) is 11.5 Å². The minimum atomic E-state index is 0.0838. The van der Waals surface area contributed by atoms with Crippen LogP contribution in [-0.2, 0) is 4.79 Å². The number of carbonyl (C=O) groups excluding carboxylic acids is 1. The fourth-order valence-corrected chi connectivity index (χ4v) is 2.96. The second kappa shape index (κ2) is 8.42. The van der Waals surface area contributed by atoms with Crippen LogP contribution in [0, 0.1) is 0 Å². The van der Waals surface area contributed by atoms with Gasteiger partial charge in [-0.05, 0) is 24.3 Å². The fourth-order valence-electron chi connectivity index (χ4n) is 2.96. The van der Waals surface area contributed by atoms with Crippen LogP contribution in [0.3, 0.4) is 0 Å². The van der Waals surface area contributed by atoms with E-state index < -0.39 is 0 Å². The maximum atomic E-state index is 12.5. The van der Waals surface area contributed by atoms with Gasteiger partial charge in [0.25, 0.3) is 0 Å². The molecule has 1 amide bonds. The summed E-state index contributed by atoms with van der Waals surface area (Å²) in [6, 6.07) is 11.4. The van der Waals surface area contributed by atoms with Gasteiger partial charge in [0.2, 0.25) is 5.91 Å². The molecule has 1 aromatic carbocycles. The minimum absolute atomic E-state index is 0.0838. The van der Waals surface area contributed by atoms with Crippen LogP contribution in [0.2, 0.25) is 0 Å². The van der Waals surface area contributed by atoms with Crippen molar-refractivity contribution in [2.24, 2.45) is 0 Å². The van der Waals surface area contributed by atoms with E-state index in [2.05, 4.69) is 15.2 Å². The fraction of sp³-hybridized carbons (Fsp3) is 0.368. The Morgan fingerprint density at radius 2 is 1.85 bits per heavy atom. The van der Waals surface area contributed by atoms with Gasteiger partial charge in [0.05, 0.1) is 20.8 Å². The summed E-state index contributed by atoms with van der Waals surface area (Å²) in [5.41, 5.74) is 0.822. The van der Waals surface area contributed by atoms with Gasteiger partial charge < -0.3 is 24.6 Å². The van der Waals surface area contributed by atoms with Gasteiger partial charge >= 0.3 is 0 Å².